The summed E-state index contributed by atoms with van der Waals surface area (Å²) in [5, 5.41) is 7.12. The largest absolute Gasteiger partial charge is 0.460 e. The van der Waals surface area contributed by atoms with E-state index in [0.717, 1.165) is 12.8 Å². The molecule has 1 amide bonds. The normalized spacial score (nSPS) is 16.6. The Morgan fingerprint density at radius 1 is 1.20 bits per heavy atom. The molecule has 4 rings (SSSR count). The van der Waals surface area contributed by atoms with Crippen LogP contribution < -0.4 is 10.6 Å². The van der Waals surface area contributed by atoms with Crippen LogP contribution in [0.25, 0.3) is 11.1 Å². The highest BCUT2D eigenvalue weighted by Gasteiger charge is 2.36. The zero-order valence-electron chi connectivity index (χ0n) is 19.6. The fourth-order valence-electron chi connectivity index (χ4n) is 4.25. The van der Waals surface area contributed by atoms with Gasteiger partial charge in [0, 0.05) is 68.3 Å². The molecule has 0 spiro atoms. The third-order valence-corrected chi connectivity index (χ3v) is 6.37. The van der Waals surface area contributed by atoms with Crippen molar-refractivity contribution in [1.29, 1.82) is 5.41 Å². The van der Waals surface area contributed by atoms with Crippen LogP contribution in [0.15, 0.2) is 30.6 Å². The Hall–Kier alpha value is -3.60. The number of methoxy groups -OCH3 is 1. The van der Waals surface area contributed by atoms with Crippen LogP contribution >= 0.6 is 0 Å². The second-order valence-corrected chi connectivity index (χ2v) is 8.78. The number of nitrogens with zero attached hydrogens (tertiary/aromatic N) is 4. The Morgan fingerprint density at radius 2 is 1.89 bits per heavy atom. The highest BCUT2D eigenvalue weighted by Crippen LogP contribution is 2.28. The summed E-state index contributed by atoms with van der Waals surface area (Å²) in [6.45, 7) is 2.42. The number of hydrogen-bond donors (Lipinski definition) is 2. The van der Waals surface area contributed by atoms with Crippen molar-refractivity contribution in [2.45, 2.75) is 32.0 Å². The molecule has 3 heterocycles. The van der Waals surface area contributed by atoms with Crippen molar-refractivity contribution in [3.8, 4) is 11.1 Å². The Kier molecular flexibility index (Phi) is 7.54. The van der Waals surface area contributed by atoms with E-state index in [1.165, 1.54) is 6.07 Å². The number of ether oxygens (including phenoxy) is 2. The molecule has 2 aliphatic heterocycles. The minimum absolute atomic E-state index is 0.00436. The number of benzene rings is 1. The van der Waals surface area contributed by atoms with E-state index >= 15 is 4.39 Å². The molecule has 11 heteroatoms. The minimum atomic E-state index is -0.690. The van der Waals surface area contributed by atoms with Gasteiger partial charge in [0.05, 0.1) is 6.10 Å². The van der Waals surface area contributed by atoms with Crippen molar-refractivity contribution >= 4 is 23.7 Å². The van der Waals surface area contributed by atoms with Crippen molar-refractivity contribution in [3.63, 3.8) is 0 Å². The van der Waals surface area contributed by atoms with Gasteiger partial charge >= 0.3 is 5.97 Å². The maximum atomic E-state index is 15.0. The second-order valence-electron chi connectivity index (χ2n) is 8.78. The molecule has 2 saturated heterocycles. The van der Waals surface area contributed by atoms with Gasteiger partial charge in [-0.25, -0.2) is 14.4 Å². The average molecular weight is 485 g/mol. The number of hydrogen-bond acceptors (Lipinski definition) is 8. The average Bonchev–Trinajstić information content (AvgIpc) is 2.82. The van der Waals surface area contributed by atoms with Gasteiger partial charge in [-0.1, -0.05) is 18.2 Å². The molecule has 0 bridgehead atoms. The summed E-state index contributed by atoms with van der Waals surface area (Å²) in [5.74, 6) is -0.794. The molecular formula is C24H29FN6O4. The lowest BCUT2D eigenvalue weighted by molar-refractivity contribution is -0.148. The number of amides is 1. The summed E-state index contributed by atoms with van der Waals surface area (Å²) in [6, 6.07) is 4.79. The van der Waals surface area contributed by atoms with E-state index in [4.69, 9.17) is 20.6 Å². The predicted octanol–water partition coefficient (Wildman–Crippen LogP) is 1.73. The van der Waals surface area contributed by atoms with E-state index < -0.39 is 11.8 Å². The standard InChI is InChI=1S/C24H29FN6O4/c1-34-18-12-31(13-18)23(33)15-5-7-30(8-6-15)24-28-10-17(11-29-24)19-4-2-3-16(22(19)25)14-35-21(32)9-20(26)27/h2-4,10-11,15,18H,5-9,12-14H2,1H3,(H3,26,27). The van der Waals surface area contributed by atoms with Gasteiger partial charge in [-0.05, 0) is 12.8 Å². The van der Waals surface area contributed by atoms with Gasteiger partial charge < -0.3 is 25.0 Å². The smallest absolute Gasteiger partial charge is 0.313 e. The number of rotatable bonds is 8. The van der Waals surface area contributed by atoms with E-state index in [9.17, 15) is 9.59 Å². The number of esters is 1. The third-order valence-electron chi connectivity index (χ3n) is 6.37. The molecule has 0 radical (unpaired) electrons. The number of carbonyl (C=O) groups excluding carboxylic acids is 2. The van der Waals surface area contributed by atoms with Gasteiger partial charge in [-0.3, -0.25) is 15.0 Å². The van der Waals surface area contributed by atoms with Crippen LogP contribution in [0.5, 0.6) is 0 Å². The monoisotopic (exact) mass is 484 g/mol. The fraction of sp³-hybridized carbons (Fsp3) is 0.458. The van der Waals surface area contributed by atoms with Crippen molar-refractivity contribution in [2.24, 2.45) is 11.7 Å². The number of piperidine rings is 1. The van der Waals surface area contributed by atoms with Crippen LogP contribution in [0.4, 0.5) is 10.3 Å². The van der Waals surface area contributed by atoms with E-state index in [2.05, 4.69) is 9.97 Å². The summed E-state index contributed by atoms with van der Waals surface area (Å²) in [7, 11) is 1.66. The molecule has 10 nitrogen and oxygen atoms in total. The molecule has 35 heavy (non-hydrogen) atoms. The van der Waals surface area contributed by atoms with E-state index in [0.29, 0.717) is 43.3 Å². The van der Waals surface area contributed by atoms with Gasteiger partial charge in [0.1, 0.15) is 24.7 Å². The Bertz CT molecular complexity index is 1080. The third kappa shape index (κ3) is 5.73. The maximum Gasteiger partial charge on any atom is 0.313 e. The quantitative estimate of drug-likeness (QED) is 0.329. The number of halogens is 1. The first kappa shape index (κ1) is 24.5. The van der Waals surface area contributed by atoms with Gasteiger partial charge in [0.25, 0.3) is 0 Å². The molecule has 186 valence electrons. The number of carbonyl (C=O) groups is 2. The summed E-state index contributed by atoms with van der Waals surface area (Å²) in [4.78, 5) is 36.9. The molecule has 2 aliphatic rings. The maximum absolute atomic E-state index is 15.0. The lowest BCUT2D eigenvalue weighted by Gasteiger charge is -2.41. The van der Waals surface area contributed by atoms with Gasteiger partial charge in [-0.15, -0.1) is 0 Å². The fourth-order valence-corrected chi connectivity index (χ4v) is 4.25. The lowest BCUT2D eigenvalue weighted by atomic mass is 9.94. The van der Waals surface area contributed by atoms with Crippen molar-refractivity contribution in [3.05, 3.63) is 42.0 Å². The molecule has 0 atom stereocenters. The summed E-state index contributed by atoms with van der Waals surface area (Å²) >= 11 is 0. The highest BCUT2D eigenvalue weighted by molar-refractivity contribution is 5.94. The number of nitrogens with two attached hydrogens (primary N) is 1. The minimum Gasteiger partial charge on any atom is -0.460 e. The molecule has 1 aromatic carbocycles. The van der Waals surface area contributed by atoms with Crippen molar-refractivity contribution < 1.29 is 23.5 Å². The molecule has 2 fully saturated rings. The topological polar surface area (TPSA) is 135 Å². The van der Waals surface area contributed by atoms with Crippen LogP contribution in [0, 0.1) is 17.1 Å². The molecule has 1 aromatic heterocycles. The van der Waals surface area contributed by atoms with Crippen LogP contribution in [-0.4, -0.2) is 72.0 Å². The Labute approximate surface area is 202 Å². The first-order chi connectivity index (χ1) is 16.9. The Balaban J connectivity index is 1.34. The van der Waals surface area contributed by atoms with Crippen LogP contribution in [0.3, 0.4) is 0 Å². The van der Waals surface area contributed by atoms with E-state index in [-0.39, 0.29) is 42.4 Å². The number of amidine groups is 1. The number of nitrogens with one attached hydrogen (secondary N) is 1. The van der Waals surface area contributed by atoms with Crippen LogP contribution in [-0.2, 0) is 25.7 Å². The van der Waals surface area contributed by atoms with Crippen molar-refractivity contribution in [1.82, 2.24) is 14.9 Å². The zero-order chi connectivity index (χ0) is 24.9. The summed E-state index contributed by atoms with van der Waals surface area (Å²) < 4.78 is 25.3. The number of aromatic nitrogens is 2. The molecule has 3 N–H and O–H groups in total. The van der Waals surface area contributed by atoms with Crippen LogP contribution in [0.2, 0.25) is 0 Å². The van der Waals surface area contributed by atoms with E-state index in [1.54, 1.807) is 31.6 Å². The first-order valence-corrected chi connectivity index (χ1v) is 11.5. The highest BCUT2D eigenvalue weighted by atomic mass is 19.1. The Morgan fingerprint density at radius 3 is 2.51 bits per heavy atom. The molecule has 0 unspecified atom stereocenters. The zero-order valence-corrected chi connectivity index (χ0v) is 19.6. The van der Waals surface area contributed by atoms with Crippen molar-refractivity contribution in [2.75, 3.05) is 38.2 Å². The summed E-state index contributed by atoms with van der Waals surface area (Å²) in [6.07, 6.45) is 4.41. The first-order valence-electron chi connectivity index (χ1n) is 11.5. The molecule has 0 aliphatic carbocycles. The molecule has 0 saturated carbocycles. The number of likely N-dealkylation sites (tertiary alicyclic amines) is 1. The molecule has 2 aromatic rings. The van der Waals surface area contributed by atoms with Gasteiger partial charge in [-0.2, -0.15) is 0 Å². The lowest BCUT2D eigenvalue weighted by Crippen LogP contribution is -2.57. The SMILES string of the molecule is COC1CN(C(=O)C2CCN(c3ncc(-c4cccc(COC(=O)CC(=N)N)c4F)cn3)CC2)C1. The summed E-state index contributed by atoms with van der Waals surface area (Å²) in [5.41, 5.74) is 6.18. The second kappa shape index (κ2) is 10.8. The van der Waals surface area contributed by atoms with Gasteiger partial charge in [0.15, 0.2) is 0 Å². The van der Waals surface area contributed by atoms with E-state index in [1.807, 2.05) is 9.80 Å². The molecular weight excluding hydrogens is 455 g/mol. The van der Waals surface area contributed by atoms with Gasteiger partial charge in [0.2, 0.25) is 11.9 Å². The van der Waals surface area contributed by atoms with Crippen LogP contribution in [0.1, 0.15) is 24.8 Å². The predicted molar refractivity (Wildman–Crippen MR) is 126 cm³/mol. The number of anilines is 1.